The van der Waals surface area contributed by atoms with Crippen molar-refractivity contribution in [3.63, 3.8) is 0 Å². The molecule has 3 heteroatoms. The molecule has 0 amide bonds. The summed E-state index contributed by atoms with van der Waals surface area (Å²) in [7, 11) is 0. The van der Waals surface area contributed by atoms with Gasteiger partial charge in [-0.15, -0.1) is 0 Å². The summed E-state index contributed by atoms with van der Waals surface area (Å²) in [6.45, 7) is 8.83. The second-order valence-electron chi connectivity index (χ2n) is 4.71. The molecule has 3 nitrogen and oxygen atoms in total. The van der Waals surface area contributed by atoms with E-state index >= 15 is 0 Å². The van der Waals surface area contributed by atoms with Gasteiger partial charge in [0.15, 0.2) is 11.5 Å². The average Bonchev–Trinajstić information content (AvgIpc) is 2.52. The molecule has 94 valence electrons. The van der Waals surface area contributed by atoms with E-state index in [0.29, 0.717) is 12.0 Å². The molecule has 1 aromatic carbocycles. The zero-order chi connectivity index (χ0) is 12.3. The second-order valence-corrected chi connectivity index (χ2v) is 4.71. The fraction of sp³-hybridized carbons (Fsp3) is 0.571. The van der Waals surface area contributed by atoms with Gasteiger partial charge in [0.05, 0.1) is 13.2 Å². The van der Waals surface area contributed by atoms with Crippen LogP contribution in [0.25, 0.3) is 0 Å². The molecule has 1 aromatic rings. The monoisotopic (exact) mass is 235 g/mol. The first-order valence-corrected chi connectivity index (χ1v) is 6.33. The molecule has 2 rings (SSSR count). The number of fused-ring (bicyclic) bond motifs is 1. The molecule has 1 N–H and O–H groups in total. The summed E-state index contributed by atoms with van der Waals surface area (Å²) in [4.78, 5) is 0. The van der Waals surface area contributed by atoms with E-state index in [1.54, 1.807) is 0 Å². The van der Waals surface area contributed by atoms with Crippen LogP contribution < -0.4 is 14.8 Å². The van der Waals surface area contributed by atoms with Crippen LogP contribution in [0.15, 0.2) is 18.2 Å². The lowest BCUT2D eigenvalue weighted by molar-refractivity contribution is 0.228. The molecule has 0 bridgehead atoms. The lowest BCUT2D eigenvalue weighted by Crippen LogP contribution is -2.17. The number of rotatable bonds is 3. The quantitative estimate of drug-likeness (QED) is 0.874. The van der Waals surface area contributed by atoms with Crippen LogP contribution in [-0.4, -0.2) is 19.8 Å². The van der Waals surface area contributed by atoms with Gasteiger partial charge in [-0.25, -0.2) is 0 Å². The van der Waals surface area contributed by atoms with Gasteiger partial charge in [-0.2, -0.15) is 0 Å². The molecule has 1 heterocycles. The minimum atomic E-state index is 0.342. The molecular weight excluding hydrogens is 214 g/mol. The molecule has 0 saturated carbocycles. The number of hydrogen-bond acceptors (Lipinski definition) is 3. The van der Waals surface area contributed by atoms with E-state index in [1.807, 2.05) is 6.07 Å². The molecule has 0 fully saturated rings. The van der Waals surface area contributed by atoms with Crippen molar-refractivity contribution in [3.8, 4) is 11.5 Å². The summed E-state index contributed by atoms with van der Waals surface area (Å²) >= 11 is 0. The Kier molecular flexibility index (Phi) is 3.89. The summed E-state index contributed by atoms with van der Waals surface area (Å²) < 4.78 is 11.5. The van der Waals surface area contributed by atoms with Crippen molar-refractivity contribution in [3.05, 3.63) is 23.8 Å². The third-order valence-corrected chi connectivity index (χ3v) is 3.02. The highest BCUT2D eigenvalue weighted by Crippen LogP contribution is 2.32. The van der Waals surface area contributed by atoms with Crippen LogP contribution in [0.4, 0.5) is 0 Å². The van der Waals surface area contributed by atoms with E-state index in [-0.39, 0.29) is 0 Å². The Morgan fingerprint density at radius 2 is 2.00 bits per heavy atom. The summed E-state index contributed by atoms with van der Waals surface area (Å²) in [5.41, 5.74) is 1.24. The van der Waals surface area contributed by atoms with Gasteiger partial charge in [0.25, 0.3) is 0 Å². The Hall–Kier alpha value is -1.22. The van der Waals surface area contributed by atoms with E-state index in [4.69, 9.17) is 9.47 Å². The van der Waals surface area contributed by atoms with Gasteiger partial charge in [0.2, 0.25) is 0 Å². The first-order valence-electron chi connectivity index (χ1n) is 6.33. The first kappa shape index (κ1) is 12.2. The Balaban J connectivity index is 2.19. The first-order chi connectivity index (χ1) is 8.20. The number of hydrogen-bond donors (Lipinski definition) is 1. The molecule has 2 atom stereocenters. The fourth-order valence-electron chi connectivity index (χ4n) is 1.96. The van der Waals surface area contributed by atoms with Crippen molar-refractivity contribution < 1.29 is 9.47 Å². The van der Waals surface area contributed by atoms with E-state index < -0.39 is 0 Å². The molecule has 0 spiro atoms. The van der Waals surface area contributed by atoms with E-state index in [9.17, 15) is 0 Å². The van der Waals surface area contributed by atoms with Gasteiger partial charge >= 0.3 is 0 Å². The Morgan fingerprint density at radius 3 is 2.71 bits per heavy atom. The number of benzene rings is 1. The largest absolute Gasteiger partial charge is 0.489 e. The van der Waals surface area contributed by atoms with Crippen LogP contribution in [0.3, 0.4) is 0 Å². The Morgan fingerprint density at radius 1 is 1.29 bits per heavy atom. The van der Waals surface area contributed by atoms with Gasteiger partial charge < -0.3 is 14.8 Å². The van der Waals surface area contributed by atoms with Crippen molar-refractivity contribution in [1.82, 2.24) is 5.32 Å². The fourth-order valence-corrected chi connectivity index (χ4v) is 1.96. The molecular formula is C14H21NO2. The van der Waals surface area contributed by atoms with Crippen LogP contribution in [0.1, 0.15) is 32.4 Å². The van der Waals surface area contributed by atoms with Crippen molar-refractivity contribution >= 4 is 0 Å². The van der Waals surface area contributed by atoms with Crippen LogP contribution in [0, 0.1) is 5.92 Å². The smallest absolute Gasteiger partial charge is 0.161 e. The normalized spacial score (nSPS) is 20.8. The van der Waals surface area contributed by atoms with Crippen LogP contribution in [0.5, 0.6) is 11.5 Å². The average molecular weight is 235 g/mol. The van der Waals surface area contributed by atoms with Crippen LogP contribution in [0.2, 0.25) is 0 Å². The predicted molar refractivity (Wildman–Crippen MR) is 68.7 cm³/mol. The Bertz CT molecular complexity index is 378. The molecule has 1 aliphatic rings. The maximum atomic E-state index is 5.78. The molecule has 0 radical (unpaired) electrons. The highest BCUT2D eigenvalue weighted by Gasteiger charge is 2.16. The summed E-state index contributed by atoms with van der Waals surface area (Å²) in [6, 6.07) is 6.54. The summed E-state index contributed by atoms with van der Waals surface area (Å²) in [6.07, 6.45) is 0. The Labute approximate surface area is 103 Å². The molecule has 0 aromatic heterocycles. The zero-order valence-corrected chi connectivity index (χ0v) is 10.8. The third kappa shape index (κ3) is 2.91. The topological polar surface area (TPSA) is 30.5 Å². The minimum Gasteiger partial charge on any atom is -0.489 e. The summed E-state index contributed by atoms with van der Waals surface area (Å²) in [5, 5.41) is 3.40. The van der Waals surface area contributed by atoms with Gasteiger partial charge in [-0.1, -0.05) is 19.9 Å². The van der Waals surface area contributed by atoms with Gasteiger partial charge in [0.1, 0.15) is 0 Å². The van der Waals surface area contributed by atoms with Gasteiger partial charge in [-0.05, 0) is 31.2 Å². The van der Waals surface area contributed by atoms with Gasteiger partial charge in [-0.3, -0.25) is 0 Å². The lowest BCUT2D eigenvalue weighted by Gasteiger charge is -2.15. The number of nitrogens with one attached hydrogen (secondary N) is 1. The highest BCUT2D eigenvalue weighted by molar-refractivity contribution is 5.44. The minimum absolute atomic E-state index is 0.342. The van der Waals surface area contributed by atoms with Crippen molar-refractivity contribution in [2.75, 3.05) is 19.8 Å². The van der Waals surface area contributed by atoms with Crippen LogP contribution >= 0.6 is 0 Å². The highest BCUT2D eigenvalue weighted by atomic mass is 16.5. The van der Waals surface area contributed by atoms with Crippen molar-refractivity contribution in [2.24, 2.45) is 5.92 Å². The maximum Gasteiger partial charge on any atom is 0.161 e. The standard InChI is InChI=1S/C14H21NO2/c1-4-15-11(3)12-5-6-13-14(7-12)17-9-10(2)8-16-13/h5-7,10-11,15H,4,8-9H2,1-3H3. The SMILES string of the molecule is CCNC(C)c1ccc2c(c1)OCC(C)CO2. The molecule has 17 heavy (non-hydrogen) atoms. The molecule has 2 unspecified atom stereocenters. The summed E-state index contributed by atoms with van der Waals surface area (Å²) in [5.74, 6) is 2.18. The zero-order valence-electron chi connectivity index (χ0n) is 10.8. The van der Waals surface area contributed by atoms with E-state index in [2.05, 4.69) is 38.2 Å². The molecule has 0 saturated heterocycles. The van der Waals surface area contributed by atoms with Crippen LogP contribution in [-0.2, 0) is 0 Å². The maximum absolute atomic E-state index is 5.78. The second kappa shape index (κ2) is 5.41. The predicted octanol–water partition coefficient (Wildman–Crippen LogP) is 2.76. The van der Waals surface area contributed by atoms with Crippen molar-refractivity contribution in [1.29, 1.82) is 0 Å². The number of ether oxygens (including phenoxy) is 2. The van der Waals surface area contributed by atoms with Gasteiger partial charge in [0, 0.05) is 12.0 Å². The molecule has 1 aliphatic heterocycles. The van der Waals surface area contributed by atoms with Crippen molar-refractivity contribution in [2.45, 2.75) is 26.8 Å². The molecule has 0 aliphatic carbocycles. The van der Waals surface area contributed by atoms with E-state index in [1.165, 1.54) is 5.56 Å². The van der Waals surface area contributed by atoms with E-state index in [0.717, 1.165) is 31.3 Å². The lowest BCUT2D eigenvalue weighted by atomic mass is 10.1. The third-order valence-electron chi connectivity index (χ3n) is 3.02.